The zero-order valence-electron chi connectivity index (χ0n) is 19.0. The van der Waals surface area contributed by atoms with Crippen LogP contribution in [0.1, 0.15) is 56.1 Å². The number of amidine groups is 1. The Morgan fingerprint density at radius 1 is 1.06 bits per heavy atom. The molecule has 0 radical (unpaired) electrons. The van der Waals surface area contributed by atoms with Gasteiger partial charge in [-0.25, -0.2) is 9.28 Å². The Morgan fingerprint density at radius 2 is 1.73 bits per heavy atom. The van der Waals surface area contributed by atoms with Gasteiger partial charge in [-0.2, -0.15) is 0 Å². The summed E-state index contributed by atoms with van der Waals surface area (Å²) in [6.07, 6.45) is 6.32. The van der Waals surface area contributed by atoms with E-state index < -0.39 is 17.4 Å². The van der Waals surface area contributed by atoms with Gasteiger partial charge in [-0.3, -0.25) is 19.9 Å². The summed E-state index contributed by atoms with van der Waals surface area (Å²) in [6, 6.07) is 7.23. The highest BCUT2D eigenvalue weighted by Crippen LogP contribution is 2.60. The van der Waals surface area contributed by atoms with Crippen molar-refractivity contribution >= 4 is 23.6 Å². The van der Waals surface area contributed by atoms with Crippen LogP contribution < -0.4 is 11.5 Å². The number of rotatable bonds is 9. The third-order valence-electron chi connectivity index (χ3n) is 8.09. The van der Waals surface area contributed by atoms with Crippen LogP contribution in [-0.2, 0) is 20.9 Å². The fourth-order valence-electron chi connectivity index (χ4n) is 6.27. The fourth-order valence-corrected chi connectivity index (χ4v) is 6.27. The Kier molecular flexibility index (Phi) is 6.28. The Hall–Kier alpha value is -2.78. The van der Waals surface area contributed by atoms with Gasteiger partial charge >= 0.3 is 11.9 Å². The number of nitrogen functional groups attached to an aromatic ring is 1. The highest BCUT2D eigenvalue weighted by molar-refractivity contribution is 5.95. The maximum Gasteiger partial charge on any atom is 0.328 e. The zero-order valence-corrected chi connectivity index (χ0v) is 19.0. The quantitative estimate of drug-likeness (QED) is 0.249. The number of carbonyl (C=O) groups is 3. The van der Waals surface area contributed by atoms with E-state index in [9.17, 15) is 19.5 Å². The van der Waals surface area contributed by atoms with E-state index in [0.717, 1.165) is 44.1 Å². The maximum atomic E-state index is 14.0. The molecule has 9 nitrogen and oxygen atoms in total. The second kappa shape index (κ2) is 8.87. The van der Waals surface area contributed by atoms with Crippen LogP contribution in [-0.4, -0.2) is 69.3 Å². The fraction of sp³-hybridized carbons (Fsp3) is 0.583. The number of carbonyl (C=O) groups excluding carboxylic acids is 2. The number of benzene rings is 1. The van der Waals surface area contributed by atoms with Gasteiger partial charge in [0.2, 0.25) is 0 Å². The molecule has 6 N–H and O–H groups in total. The maximum absolute atomic E-state index is 14.0. The number of aliphatic carboxylic acids is 1. The van der Waals surface area contributed by atoms with Crippen molar-refractivity contribution in [2.24, 2.45) is 17.4 Å². The summed E-state index contributed by atoms with van der Waals surface area (Å²) in [6.45, 7) is 0.662. The van der Waals surface area contributed by atoms with Crippen molar-refractivity contribution in [1.82, 2.24) is 4.90 Å². The van der Waals surface area contributed by atoms with Crippen LogP contribution in [0.5, 0.6) is 0 Å². The van der Waals surface area contributed by atoms with Gasteiger partial charge in [0.25, 0.3) is 5.91 Å². The van der Waals surface area contributed by atoms with E-state index in [1.54, 1.807) is 17.0 Å². The number of carboxylic acid groups (broad SMARTS) is 1. The highest BCUT2D eigenvalue weighted by atomic mass is 16.4. The summed E-state index contributed by atoms with van der Waals surface area (Å²) in [4.78, 5) is 40.1. The summed E-state index contributed by atoms with van der Waals surface area (Å²) in [5, 5.41) is 17.1. The number of nitrogens with two attached hydrogens (primary N) is 2. The Balaban J connectivity index is 1.64. The molecule has 2 aliphatic carbocycles. The second-order valence-electron chi connectivity index (χ2n) is 9.92. The lowest BCUT2D eigenvalue weighted by atomic mass is 9.94. The molecule has 2 amide bonds. The molecule has 1 aliphatic heterocycles. The molecule has 3 fully saturated rings. The number of quaternary nitrogens is 1. The van der Waals surface area contributed by atoms with Crippen LogP contribution in [0.15, 0.2) is 24.3 Å². The largest absolute Gasteiger partial charge is 0.480 e. The molecule has 3 aliphatic rings. The van der Waals surface area contributed by atoms with Crippen LogP contribution >= 0.6 is 0 Å². The topological polar surface area (TPSA) is 151 Å². The van der Waals surface area contributed by atoms with Gasteiger partial charge in [0.1, 0.15) is 18.9 Å². The number of carboxylic acids is 1. The van der Waals surface area contributed by atoms with Crippen LogP contribution in [0.2, 0.25) is 0 Å². The van der Waals surface area contributed by atoms with Crippen LogP contribution in [0.4, 0.5) is 0 Å². The molecular weight excluding hydrogens is 422 g/mol. The number of fused-ring (bicyclic) bond motifs is 1. The molecule has 0 spiro atoms. The lowest BCUT2D eigenvalue weighted by Gasteiger charge is -2.41. The number of primary amides is 1. The predicted molar refractivity (Wildman–Crippen MR) is 122 cm³/mol. The van der Waals surface area contributed by atoms with E-state index in [0.29, 0.717) is 25.1 Å². The smallest absolute Gasteiger partial charge is 0.328 e. The van der Waals surface area contributed by atoms with Crippen LogP contribution in [0, 0.1) is 11.3 Å². The van der Waals surface area contributed by atoms with Gasteiger partial charge in [0.15, 0.2) is 5.54 Å². The number of likely N-dealkylation sites (tertiary alicyclic amines) is 1. The molecule has 1 aromatic carbocycles. The van der Waals surface area contributed by atoms with Gasteiger partial charge in [-0.1, -0.05) is 43.5 Å². The first-order valence-corrected chi connectivity index (χ1v) is 11.8. The van der Waals surface area contributed by atoms with Gasteiger partial charge in [-0.05, 0) is 12.8 Å². The molecule has 0 bridgehead atoms. The van der Waals surface area contributed by atoms with Crippen molar-refractivity contribution in [3.63, 3.8) is 0 Å². The molecule has 1 saturated heterocycles. The molecule has 3 atom stereocenters. The number of hydrogen-bond acceptors (Lipinski definition) is 5. The average Bonchev–Trinajstić information content (AvgIpc) is 3.45. The lowest BCUT2D eigenvalue weighted by molar-refractivity contribution is -0.885. The molecule has 1 heterocycles. The Labute approximate surface area is 193 Å². The van der Waals surface area contributed by atoms with Crippen molar-refractivity contribution in [3.8, 4) is 0 Å². The molecule has 4 rings (SSSR count). The first-order valence-electron chi connectivity index (χ1n) is 11.8. The molecule has 1 aromatic rings. The molecule has 0 aromatic heterocycles. The van der Waals surface area contributed by atoms with Crippen molar-refractivity contribution in [1.29, 1.82) is 5.41 Å². The molecule has 178 valence electrons. The van der Waals surface area contributed by atoms with Crippen molar-refractivity contribution in [3.05, 3.63) is 35.4 Å². The normalized spacial score (nSPS) is 28.9. The first-order chi connectivity index (χ1) is 15.7. The average molecular weight is 457 g/mol. The third kappa shape index (κ3) is 4.15. The van der Waals surface area contributed by atoms with Crippen molar-refractivity contribution in [2.75, 3.05) is 19.6 Å². The highest BCUT2D eigenvalue weighted by Gasteiger charge is 2.78. The standard InChI is InChI=1S/C24H33N5O4/c25-22(26)17-8-6-16(7-9-17)15-29(11-10-18-12-24(18,29)23(27)33)20(30)13-28(14-21(31)32)19-4-2-1-3-5-19/h6-9,18-19H,1-5,10-15H2,(H5-,25,26,27,31,32,33)/p+1/t18-,24+,29?/m1/s1. The predicted octanol–water partition coefficient (Wildman–Crippen LogP) is 1.18. The molecule has 1 unspecified atom stereocenters. The Morgan fingerprint density at radius 3 is 2.27 bits per heavy atom. The van der Waals surface area contributed by atoms with Gasteiger partial charge in [-0.15, -0.1) is 0 Å². The Bertz CT molecular complexity index is 958. The van der Waals surface area contributed by atoms with Crippen LogP contribution in [0.25, 0.3) is 0 Å². The van der Waals surface area contributed by atoms with E-state index in [1.165, 1.54) is 0 Å². The van der Waals surface area contributed by atoms with E-state index in [4.69, 9.17) is 16.9 Å². The number of hydrogen-bond donors (Lipinski definition) is 4. The minimum absolute atomic E-state index is 0.00421. The van der Waals surface area contributed by atoms with Gasteiger partial charge in [0.05, 0.1) is 13.1 Å². The lowest BCUT2D eigenvalue weighted by Crippen LogP contribution is -2.65. The van der Waals surface area contributed by atoms with Gasteiger partial charge in [0, 0.05) is 35.9 Å². The van der Waals surface area contributed by atoms with Crippen LogP contribution in [0.3, 0.4) is 0 Å². The van der Waals surface area contributed by atoms with E-state index in [-0.39, 0.29) is 41.3 Å². The monoisotopic (exact) mass is 456 g/mol. The first kappa shape index (κ1) is 23.4. The third-order valence-corrected chi connectivity index (χ3v) is 8.09. The zero-order chi connectivity index (χ0) is 23.8. The number of nitrogens with one attached hydrogen (secondary N) is 1. The summed E-state index contributed by atoms with van der Waals surface area (Å²) in [5.41, 5.74) is 12.0. The number of amides is 2. The summed E-state index contributed by atoms with van der Waals surface area (Å²) < 4.78 is -0.0464. The second-order valence-corrected chi connectivity index (χ2v) is 9.92. The van der Waals surface area contributed by atoms with E-state index in [1.807, 2.05) is 12.1 Å². The minimum atomic E-state index is -0.949. The van der Waals surface area contributed by atoms with Crippen molar-refractivity contribution < 1.29 is 24.0 Å². The van der Waals surface area contributed by atoms with E-state index >= 15 is 0 Å². The summed E-state index contributed by atoms with van der Waals surface area (Å²) in [5.74, 6) is -1.46. The molecule has 33 heavy (non-hydrogen) atoms. The van der Waals surface area contributed by atoms with Gasteiger partial charge < -0.3 is 16.6 Å². The van der Waals surface area contributed by atoms with E-state index in [2.05, 4.69) is 0 Å². The molecular formula is C24H34N5O4+. The molecule has 2 saturated carbocycles. The SMILES string of the molecule is N=C(N)c1ccc(C[N+]2(C(=O)CN(CC(=O)O)C3CCCCC3)CC[C@@H]3C[C@@]32C(N)=O)cc1. The number of piperidine rings is 1. The summed E-state index contributed by atoms with van der Waals surface area (Å²) in [7, 11) is 0. The summed E-state index contributed by atoms with van der Waals surface area (Å²) >= 11 is 0. The molecule has 9 heteroatoms. The van der Waals surface area contributed by atoms with Crippen molar-refractivity contribution in [2.45, 2.75) is 63.1 Å². The minimum Gasteiger partial charge on any atom is -0.480 e. The number of nitrogens with zero attached hydrogens (tertiary/aromatic N) is 2.